The third-order valence-electron chi connectivity index (χ3n) is 3.52. The Labute approximate surface area is 153 Å². The minimum atomic E-state index is -0.801. The number of nitro groups is 1. The zero-order chi connectivity index (χ0) is 19.2. The first-order valence-electron chi connectivity index (χ1n) is 7.98. The van der Waals surface area contributed by atoms with Crippen molar-refractivity contribution in [2.24, 2.45) is 0 Å². The van der Waals surface area contributed by atoms with Gasteiger partial charge in [0, 0.05) is 17.7 Å². The molecule has 0 aliphatic heterocycles. The van der Waals surface area contributed by atoms with Crippen LogP contribution in [0.15, 0.2) is 59.0 Å². The van der Waals surface area contributed by atoms with Gasteiger partial charge in [-0.25, -0.2) is 4.79 Å². The number of ether oxygens (including phenoxy) is 2. The van der Waals surface area contributed by atoms with Gasteiger partial charge in [-0.2, -0.15) is 0 Å². The number of hydrogen-bond acceptors (Lipinski definition) is 8. The maximum atomic E-state index is 12.0. The van der Waals surface area contributed by atoms with Crippen molar-refractivity contribution < 1.29 is 23.6 Å². The summed E-state index contributed by atoms with van der Waals surface area (Å²) in [7, 11) is 0. The van der Waals surface area contributed by atoms with Crippen LogP contribution in [-0.4, -0.2) is 27.2 Å². The van der Waals surface area contributed by atoms with Gasteiger partial charge in [-0.15, -0.1) is 10.2 Å². The van der Waals surface area contributed by atoms with Crippen molar-refractivity contribution >= 4 is 11.7 Å². The van der Waals surface area contributed by atoms with Crippen molar-refractivity contribution in [1.82, 2.24) is 10.2 Å². The van der Waals surface area contributed by atoms with Crippen LogP contribution in [0.4, 0.5) is 5.69 Å². The summed E-state index contributed by atoms with van der Waals surface area (Å²) in [6, 6.07) is 14.6. The molecule has 9 nitrogen and oxygen atoms in total. The SMILES string of the molecule is C[C@@H](Oc1ccccc1)C(=O)OCc1nnc(-c2ccc([N+](=O)[O-])cc2)o1. The second-order valence-corrected chi connectivity index (χ2v) is 5.49. The Morgan fingerprint density at radius 2 is 1.85 bits per heavy atom. The molecular formula is C18H15N3O6. The number of non-ortho nitro benzene ring substituents is 1. The zero-order valence-electron chi connectivity index (χ0n) is 14.3. The number of rotatable bonds is 7. The highest BCUT2D eigenvalue weighted by atomic mass is 16.6. The van der Waals surface area contributed by atoms with E-state index in [1.165, 1.54) is 24.3 Å². The number of aromatic nitrogens is 2. The van der Waals surface area contributed by atoms with Crippen molar-refractivity contribution in [3.8, 4) is 17.2 Å². The molecule has 0 N–H and O–H groups in total. The van der Waals surface area contributed by atoms with Crippen LogP contribution in [0, 0.1) is 10.1 Å². The number of benzene rings is 2. The van der Waals surface area contributed by atoms with Gasteiger partial charge in [0.1, 0.15) is 5.75 Å². The standard InChI is InChI=1S/C18H15N3O6/c1-12(26-15-5-3-2-4-6-15)18(22)25-11-16-19-20-17(27-16)13-7-9-14(10-8-13)21(23)24/h2-10,12H,11H2,1H3/t12-/m1/s1. The van der Waals surface area contributed by atoms with Crippen molar-refractivity contribution in [3.63, 3.8) is 0 Å². The van der Waals surface area contributed by atoms with E-state index in [4.69, 9.17) is 13.9 Å². The lowest BCUT2D eigenvalue weighted by atomic mass is 10.2. The molecule has 1 heterocycles. The van der Waals surface area contributed by atoms with Crippen LogP contribution in [0.2, 0.25) is 0 Å². The number of nitrogens with zero attached hydrogens (tertiary/aromatic N) is 3. The Morgan fingerprint density at radius 3 is 2.52 bits per heavy atom. The molecule has 0 bridgehead atoms. The van der Waals surface area contributed by atoms with Crippen LogP contribution in [0.1, 0.15) is 12.8 Å². The summed E-state index contributed by atoms with van der Waals surface area (Å²) in [5.41, 5.74) is 0.478. The van der Waals surface area contributed by atoms with E-state index in [0.717, 1.165) is 0 Å². The quantitative estimate of drug-likeness (QED) is 0.354. The first-order valence-corrected chi connectivity index (χ1v) is 7.98. The Balaban J connectivity index is 1.56. The minimum Gasteiger partial charge on any atom is -0.479 e. The van der Waals surface area contributed by atoms with Crippen molar-refractivity contribution in [2.45, 2.75) is 19.6 Å². The molecule has 3 rings (SSSR count). The van der Waals surface area contributed by atoms with Gasteiger partial charge in [0.05, 0.1) is 4.92 Å². The summed E-state index contributed by atoms with van der Waals surface area (Å²) < 4.78 is 16.0. The summed E-state index contributed by atoms with van der Waals surface area (Å²) in [5, 5.41) is 18.3. The molecule has 0 aliphatic carbocycles. The van der Waals surface area contributed by atoms with Crippen LogP contribution in [0.25, 0.3) is 11.5 Å². The highest BCUT2D eigenvalue weighted by Gasteiger charge is 2.18. The van der Waals surface area contributed by atoms with Gasteiger partial charge in [-0.1, -0.05) is 18.2 Å². The molecule has 1 atom stereocenters. The third kappa shape index (κ3) is 4.66. The monoisotopic (exact) mass is 369 g/mol. The fourth-order valence-corrected chi connectivity index (χ4v) is 2.16. The highest BCUT2D eigenvalue weighted by Crippen LogP contribution is 2.21. The predicted molar refractivity (Wildman–Crippen MR) is 92.7 cm³/mol. The summed E-state index contributed by atoms with van der Waals surface area (Å²) >= 11 is 0. The van der Waals surface area contributed by atoms with Gasteiger partial charge in [0.15, 0.2) is 12.7 Å². The van der Waals surface area contributed by atoms with E-state index in [2.05, 4.69) is 10.2 Å². The number of carbonyl (C=O) groups excluding carboxylic acids is 1. The highest BCUT2D eigenvalue weighted by molar-refractivity contribution is 5.74. The Hall–Kier alpha value is -3.75. The fourth-order valence-electron chi connectivity index (χ4n) is 2.16. The molecule has 1 aromatic heterocycles. The van der Waals surface area contributed by atoms with E-state index in [1.54, 1.807) is 31.2 Å². The number of carbonyl (C=O) groups is 1. The van der Waals surface area contributed by atoms with Gasteiger partial charge >= 0.3 is 5.97 Å². The van der Waals surface area contributed by atoms with E-state index in [1.807, 2.05) is 6.07 Å². The molecule has 2 aromatic carbocycles. The minimum absolute atomic E-state index is 0.0418. The molecule has 0 radical (unpaired) electrons. The molecule has 0 unspecified atom stereocenters. The number of para-hydroxylation sites is 1. The number of hydrogen-bond donors (Lipinski definition) is 0. The van der Waals surface area contributed by atoms with Gasteiger partial charge in [0.2, 0.25) is 5.89 Å². The zero-order valence-corrected chi connectivity index (χ0v) is 14.3. The molecule has 27 heavy (non-hydrogen) atoms. The van der Waals surface area contributed by atoms with Crippen molar-refractivity contribution in [1.29, 1.82) is 0 Å². The van der Waals surface area contributed by atoms with Crippen molar-refractivity contribution in [3.05, 3.63) is 70.6 Å². The van der Waals surface area contributed by atoms with Gasteiger partial charge < -0.3 is 13.9 Å². The first-order chi connectivity index (χ1) is 13.0. The number of nitro benzene ring substituents is 1. The van der Waals surface area contributed by atoms with Gasteiger partial charge in [0.25, 0.3) is 11.6 Å². The molecule has 0 spiro atoms. The van der Waals surface area contributed by atoms with E-state index >= 15 is 0 Å². The van der Waals surface area contributed by atoms with Crippen LogP contribution in [0.3, 0.4) is 0 Å². The summed E-state index contributed by atoms with van der Waals surface area (Å²) in [6.45, 7) is 1.37. The fraction of sp³-hybridized carbons (Fsp3) is 0.167. The molecule has 0 saturated carbocycles. The normalized spacial score (nSPS) is 11.6. The number of esters is 1. The van der Waals surface area contributed by atoms with Crippen LogP contribution in [0.5, 0.6) is 5.75 Å². The lowest BCUT2D eigenvalue weighted by Gasteiger charge is -2.12. The van der Waals surface area contributed by atoms with Crippen LogP contribution in [-0.2, 0) is 16.1 Å². The summed E-state index contributed by atoms with van der Waals surface area (Å²) in [6.07, 6.45) is -0.801. The predicted octanol–water partition coefficient (Wildman–Crippen LogP) is 3.16. The third-order valence-corrected chi connectivity index (χ3v) is 3.52. The molecular weight excluding hydrogens is 354 g/mol. The second kappa shape index (κ2) is 8.09. The smallest absolute Gasteiger partial charge is 0.347 e. The van der Waals surface area contributed by atoms with Crippen molar-refractivity contribution in [2.75, 3.05) is 0 Å². The molecule has 9 heteroatoms. The van der Waals surface area contributed by atoms with E-state index < -0.39 is 17.0 Å². The molecule has 0 saturated heterocycles. The maximum Gasteiger partial charge on any atom is 0.347 e. The molecule has 0 fully saturated rings. The average molecular weight is 369 g/mol. The van der Waals surface area contributed by atoms with Crippen LogP contribution >= 0.6 is 0 Å². The molecule has 0 aliphatic rings. The Morgan fingerprint density at radius 1 is 1.15 bits per heavy atom. The topological polar surface area (TPSA) is 118 Å². The summed E-state index contributed by atoms with van der Waals surface area (Å²) in [5.74, 6) is 0.252. The molecule has 3 aromatic rings. The van der Waals surface area contributed by atoms with Gasteiger partial charge in [-0.3, -0.25) is 10.1 Å². The lowest BCUT2D eigenvalue weighted by molar-refractivity contribution is -0.384. The maximum absolute atomic E-state index is 12.0. The van der Waals surface area contributed by atoms with E-state index in [-0.39, 0.29) is 24.1 Å². The second-order valence-electron chi connectivity index (χ2n) is 5.49. The first kappa shape index (κ1) is 18.1. The largest absolute Gasteiger partial charge is 0.479 e. The summed E-state index contributed by atoms with van der Waals surface area (Å²) in [4.78, 5) is 22.2. The Kier molecular flexibility index (Phi) is 5.41. The molecule has 0 amide bonds. The Bertz CT molecular complexity index is 924. The average Bonchev–Trinajstić information content (AvgIpc) is 3.16. The lowest BCUT2D eigenvalue weighted by Crippen LogP contribution is -2.26. The van der Waals surface area contributed by atoms with E-state index in [9.17, 15) is 14.9 Å². The van der Waals surface area contributed by atoms with Crippen LogP contribution < -0.4 is 4.74 Å². The van der Waals surface area contributed by atoms with E-state index in [0.29, 0.717) is 11.3 Å². The molecule has 138 valence electrons. The van der Waals surface area contributed by atoms with Gasteiger partial charge in [-0.05, 0) is 31.2 Å².